The number of amides is 1. The highest BCUT2D eigenvalue weighted by Gasteiger charge is 2.23. The van der Waals surface area contributed by atoms with Crippen LogP contribution in [-0.4, -0.2) is 31.5 Å². The molecular formula is C20H27IN4O2. The minimum atomic E-state index is 0. The molecule has 1 amide bonds. The minimum Gasteiger partial charge on any atom is -0.467 e. The monoisotopic (exact) mass is 482 g/mol. The second kappa shape index (κ2) is 11.0. The molecule has 146 valence electrons. The molecule has 7 heteroatoms. The third-order valence-electron chi connectivity index (χ3n) is 4.37. The predicted molar refractivity (Wildman–Crippen MR) is 119 cm³/mol. The number of furan rings is 1. The molecule has 3 rings (SSSR count). The second-order valence-electron chi connectivity index (χ2n) is 6.23. The number of aliphatic imine (C=N–C) groups is 1. The molecule has 0 saturated heterocycles. The fourth-order valence-electron chi connectivity index (χ4n) is 3.08. The van der Waals surface area contributed by atoms with Crippen molar-refractivity contribution in [2.24, 2.45) is 4.99 Å². The van der Waals surface area contributed by atoms with Crippen molar-refractivity contribution in [1.82, 2.24) is 10.6 Å². The van der Waals surface area contributed by atoms with E-state index in [0.29, 0.717) is 19.5 Å². The highest BCUT2D eigenvalue weighted by atomic mass is 127. The molecule has 0 spiro atoms. The van der Waals surface area contributed by atoms with Gasteiger partial charge in [-0.15, -0.1) is 24.0 Å². The highest BCUT2D eigenvalue weighted by molar-refractivity contribution is 14.0. The Bertz CT molecular complexity index is 746. The third kappa shape index (κ3) is 5.98. The Labute approximate surface area is 177 Å². The van der Waals surface area contributed by atoms with Crippen molar-refractivity contribution >= 4 is 41.5 Å². The number of carbonyl (C=O) groups is 1. The molecule has 2 heterocycles. The average molecular weight is 482 g/mol. The molecule has 0 radical (unpaired) electrons. The first-order chi connectivity index (χ1) is 12.8. The number of carbonyl (C=O) groups excluding carboxylic acids is 1. The molecule has 2 aromatic rings. The van der Waals surface area contributed by atoms with E-state index in [2.05, 4.69) is 21.7 Å². The predicted octanol–water partition coefficient (Wildman–Crippen LogP) is 3.32. The van der Waals surface area contributed by atoms with E-state index in [1.54, 1.807) is 6.26 Å². The molecule has 0 bridgehead atoms. The van der Waals surface area contributed by atoms with E-state index in [9.17, 15) is 4.79 Å². The van der Waals surface area contributed by atoms with Crippen LogP contribution in [0.1, 0.15) is 31.1 Å². The number of benzene rings is 1. The van der Waals surface area contributed by atoms with Gasteiger partial charge in [-0.25, -0.2) is 4.99 Å². The van der Waals surface area contributed by atoms with E-state index in [4.69, 9.17) is 4.42 Å². The maximum absolute atomic E-state index is 12.5. The van der Waals surface area contributed by atoms with Crippen LogP contribution in [0.25, 0.3) is 0 Å². The Kier molecular flexibility index (Phi) is 8.63. The quantitative estimate of drug-likeness (QED) is 0.275. The Hall–Kier alpha value is -2.03. The minimum absolute atomic E-state index is 0. The molecule has 0 atom stereocenters. The summed E-state index contributed by atoms with van der Waals surface area (Å²) in [7, 11) is 0. The summed E-state index contributed by atoms with van der Waals surface area (Å²) >= 11 is 0. The summed E-state index contributed by atoms with van der Waals surface area (Å²) in [5, 5.41) is 6.48. The van der Waals surface area contributed by atoms with Crippen LogP contribution >= 0.6 is 24.0 Å². The van der Waals surface area contributed by atoms with Gasteiger partial charge >= 0.3 is 0 Å². The van der Waals surface area contributed by atoms with Crippen molar-refractivity contribution in [2.75, 3.05) is 24.5 Å². The number of guanidine groups is 1. The lowest BCUT2D eigenvalue weighted by Crippen LogP contribution is -2.38. The standard InChI is InChI=1S/C20H26N4O2.HI/c1-2-21-20(23-15-17-8-6-14-26-17)22-12-5-10-19(25)24-13-11-16-7-3-4-9-18(16)24;/h3-4,6-9,14H,2,5,10-13,15H2,1H3,(H2,21,22,23);1H. The van der Waals surface area contributed by atoms with E-state index < -0.39 is 0 Å². The number of nitrogens with one attached hydrogen (secondary N) is 2. The van der Waals surface area contributed by atoms with Crippen molar-refractivity contribution in [3.8, 4) is 0 Å². The van der Waals surface area contributed by atoms with Crippen LogP contribution in [0.5, 0.6) is 0 Å². The zero-order valence-electron chi connectivity index (χ0n) is 15.6. The topological polar surface area (TPSA) is 69.9 Å². The second-order valence-corrected chi connectivity index (χ2v) is 6.23. The van der Waals surface area contributed by atoms with E-state index >= 15 is 0 Å². The molecule has 2 N–H and O–H groups in total. The van der Waals surface area contributed by atoms with Gasteiger partial charge in [0.1, 0.15) is 12.3 Å². The average Bonchev–Trinajstić information content (AvgIpc) is 3.32. The van der Waals surface area contributed by atoms with Gasteiger partial charge in [0.05, 0.1) is 6.26 Å². The fraction of sp³-hybridized carbons (Fsp3) is 0.400. The lowest BCUT2D eigenvalue weighted by molar-refractivity contribution is -0.118. The van der Waals surface area contributed by atoms with Crippen LogP contribution in [0.3, 0.4) is 0 Å². The highest BCUT2D eigenvalue weighted by Crippen LogP contribution is 2.27. The maximum Gasteiger partial charge on any atom is 0.227 e. The first-order valence-electron chi connectivity index (χ1n) is 9.20. The molecule has 0 aliphatic carbocycles. The summed E-state index contributed by atoms with van der Waals surface area (Å²) in [6, 6.07) is 11.9. The van der Waals surface area contributed by atoms with Crippen molar-refractivity contribution in [3.63, 3.8) is 0 Å². The van der Waals surface area contributed by atoms with Gasteiger partial charge in [0.15, 0.2) is 5.96 Å². The molecule has 1 aromatic carbocycles. The first kappa shape index (κ1) is 21.3. The number of fused-ring (bicyclic) bond motifs is 1. The largest absolute Gasteiger partial charge is 0.467 e. The smallest absolute Gasteiger partial charge is 0.227 e. The van der Waals surface area contributed by atoms with Crippen molar-refractivity contribution < 1.29 is 9.21 Å². The fourth-order valence-corrected chi connectivity index (χ4v) is 3.08. The van der Waals surface area contributed by atoms with Crippen molar-refractivity contribution in [1.29, 1.82) is 0 Å². The van der Waals surface area contributed by atoms with E-state index in [1.165, 1.54) is 5.56 Å². The molecule has 1 aliphatic heterocycles. The van der Waals surface area contributed by atoms with Gasteiger partial charge < -0.3 is 20.0 Å². The Morgan fingerprint density at radius 3 is 2.85 bits per heavy atom. The SMILES string of the molecule is CCNC(=NCc1ccco1)NCCCC(=O)N1CCc2ccccc21.I. The summed E-state index contributed by atoms with van der Waals surface area (Å²) in [6.45, 7) is 4.79. The lowest BCUT2D eigenvalue weighted by Gasteiger charge is -2.17. The Morgan fingerprint density at radius 1 is 1.22 bits per heavy atom. The normalized spacial score (nSPS) is 13.1. The number of halogens is 1. The first-order valence-corrected chi connectivity index (χ1v) is 9.20. The molecule has 0 unspecified atom stereocenters. The molecule has 6 nitrogen and oxygen atoms in total. The van der Waals surface area contributed by atoms with Crippen molar-refractivity contribution in [2.45, 2.75) is 32.7 Å². The molecule has 0 fully saturated rings. The molecule has 1 aliphatic rings. The zero-order valence-corrected chi connectivity index (χ0v) is 17.9. The van der Waals surface area contributed by atoms with Crippen LogP contribution in [0, 0.1) is 0 Å². The Balaban J connectivity index is 0.00000261. The number of anilines is 1. The van der Waals surface area contributed by atoms with Gasteiger partial charge in [0, 0.05) is 31.7 Å². The molecule has 0 saturated carbocycles. The van der Waals surface area contributed by atoms with Gasteiger partial charge in [0.25, 0.3) is 0 Å². The number of para-hydroxylation sites is 1. The van der Waals surface area contributed by atoms with Crippen LogP contribution in [0.15, 0.2) is 52.1 Å². The number of rotatable bonds is 7. The van der Waals surface area contributed by atoms with E-state index in [-0.39, 0.29) is 29.9 Å². The summed E-state index contributed by atoms with van der Waals surface area (Å²) in [6.07, 6.45) is 3.89. The number of nitrogens with zero attached hydrogens (tertiary/aromatic N) is 2. The summed E-state index contributed by atoms with van der Waals surface area (Å²) in [4.78, 5) is 18.9. The molecular weight excluding hydrogens is 455 g/mol. The van der Waals surface area contributed by atoms with Crippen molar-refractivity contribution in [3.05, 3.63) is 54.0 Å². The molecule has 1 aromatic heterocycles. The van der Waals surface area contributed by atoms with E-state index in [1.807, 2.05) is 42.2 Å². The maximum atomic E-state index is 12.5. The van der Waals surface area contributed by atoms with Crippen LogP contribution in [0.4, 0.5) is 5.69 Å². The molecule has 27 heavy (non-hydrogen) atoms. The van der Waals surface area contributed by atoms with Gasteiger partial charge in [-0.3, -0.25) is 4.79 Å². The van der Waals surface area contributed by atoms with Gasteiger partial charge in [-0.2, -0.15) is 0 Å². The Morgan fingerprint density at radius 2 is 2.07 bits per heavy atom. The van der Waals surface area contributed by atoms with Gasteiger partial charge in [0.2, 0.25) is 5.91 Å². The summed E-state index contributed by atoms with van der Waals surface area (Å²) < 4.78 is 5.29. The van der Waals surface area contributed by atoms with Gasteiger partial charge in [-0.1, -0.05) is 18.2 Å². The summed E-state index contributed by atoms with van der Waals surface area (Å²) in [5.74, 6) is 1.75. The lowest BCUT2D eigenvalue weighted by atomic mass is 10.2. The van der Waals surface area contributed by atoms with Gasteiger partial charge in [-0.05, 0) is 43.5 Å². The van der Waals surface area contributed by atoms with Crippen LogP contribution in [-0.2, 0) is 17.8 Å². The zero-order chi connectivity index (χ0) is 18.2. The third-order valence-corrected chi connectivity index (χ3v) is 4.37. The summed E-state index contributed by atoms with van der Waals surface area (Å²) in [5.41, 5.74) is 2.33. The van der Waals surface area contributed by atoms with E-state index in [0.717, 1.165) is 43.3 Å². The number of hydrogen-bond donors (Lipinski definition) is 2. The van der Waals surface area contributed by atoms with Crippen LogP contribution < -0.4 is 15.5 Å². The number of hydrogen-bond acceptors (Lipinski definition) is 3. The van der Waals surface area contributed by atoms with Crippen LogP contribution in [0.2, 0.25) is 0 Å².